The first-order valence-electron chi connectivity index (χ1n) is 10.8. The molecule has 1 aromatic carbocycles. The van der Waals surface area contributed by atoms with Gasteiger partial charge in [-0.25, -0.2) is 0 Å². The Balaban J connectivity index is 1.40. The zero-order valence-electron chi connectivity index (χ0n) is 17.0. The molecular weight excluding hydrogens is 390 g/mol. The molecule has 2 amide bonds. The van der Waals surface area contributed by atoms with E-state index >= 15 is 0 Å². The van der Waals surface area contributed by atoms with E-state index in [9.17, 15) is 9.59 Å². The second-order valence-corrected chi connectivity index (χ2v) is 8.80. The smallest absolute Gasteiger partial charge is 0.258 e. The van der Waals surface area contributed by atoms with Crippen LogP contribution in [0.25, 0.3) is 0 Å². The molecule has 7 heteroatoms. The fraction of sp³-hybridized carbons (Fsp3) is 0.636. The molecular formula is C22H30ClN3O3. The van der Waals surface area contributed by atoms with Crippen LogP contribution in [0.5, 0.6) is 5.75 Å². The summed E-state index contributed by atoms with van der Waals surface area (Å²) in [5.41, 5.74) is 0.409. The number of carbonyl (C=O) groups excluding carboxylic acids is 2. The fourth-order valence-electron chi connectivity index (χ4n) is 4.75. The molecule has 0 bridgehead atoms. The van der Waals surface area contributed by atoms with E-state index in [1.54, 1.807) is 23.1 Å². The van der Waals surface area contributed by atoms with Gasteiger partial charge in [-0.2, -0.15) is 0 Å². The predicted molar refractivity (Wildman–Crippen MR) is 112 cm³/mol. The number of amides is 2. The van der Waals surface area contributed by atoms with Crippen LogP contribution in [0, 0.1) is 0 Å². The van der Waals surface area contributed by atoms with Crippen LogP contribution in [0.15, 0.2) is 18.2 Å². The topological polar surface area (TPSA) is 61.9 Å². The molecule has 1 aliphatic carbocycles. The van der Waals surface area contributed by atoms with Crippen molar-refractivity contribution in [2.45, 2.75) is 63.1 Å². The molecule has 158 valence electrons. The zero-order valence-corrected chi connectivity index (χ0v) is 17.8. The van der Waals surface area contributed by atoms with Crippen LogP contribution in [0.1, 0.15) is 55.3 Å². The van der Waals surface area contributed by atoms with Gasteiger partial charge in [0.1, 0.15) is 11.8 Å². The summed E-state index contributed by atoms with van der Waals surface area (Å²) in [4.78, 5) is 30.4. The van der Waals surface area contributed by atoms with Gasteiger partial charge in [0.25, 0.3) is 5.91 Å². The Morgan fingerprint density at radius 1 is 1.14 bits per heavy atom. The van der Waals surface area contributed by atoms with Crippen molar-refractivity contribution < 1.29 is 14.3 Å². The van der Waals surface area contributed by atoms with Crippen LogP contribution in [-0.2, 0) is 4.79 Å². The van der Waals surface area contributed by atoms with Crippen LogP contribution in [0.4, 0.5) is 0 Å². The molecule has 0 aromatic heterocycles. The summed E-state index contributed by atoms with van der Waals surface area (Å²) in [5.74, 6) is 0.241. The first kappa shape index (κ1) is 20.5. The molecule has 0 radical (unpaired) electrons. The minimum Gasteiger partial charge on any atom is -0.496 e. The number of hydrogen-bond acceptors (Lipinski definition) is 4. The van der Waals surface area contributed by atoms with E-state index in [-0.39, 0.29) is 11.8 Å². The number of likely N-dealkylation sites (tertiary alicyclic amines) is 2. The van der Waals surface area contributed by atoms with Gasteiger partial charge in [-0.1, -0.05) is 18.0 Å². The summed E-state index contributed by atoms with van der Waals surface area (Å²) in [6.07, 6.45) is 7.72. The maximum atomic E-state index is 13.1. The third-order valence-corrected chi connectivity index (χ3v) is 6.64. The Bertz CT molecular complexity index is 768. The molecule has 3 fully saturated rings. The Hall–Kier alpha value is -1.79. The molecule has 2 atom stereocenters. The number of carbonyl (C=O) groups is 2. The highest BCUT2D eigenvalue weighted by Gasteiger charge is 2.38. The third-order valence-electron chi connectivity index (χ3n) is 6.41. The molecule has 29 heavy (non-hydrogen) atoms. The van der Waals surface area contributed by atoms with Crippen molar-refractivity contribution >= 4 is 23.4 Å². The predicted octanol–water partition coefficient (Wildman–Crippen LogP) is 3.09. The Labute approximate surface area is 177 Å². The molecule has 1 N–H and O–H groups in total. The van der Waals surface area contributed by atoms with Crippen molar-refractivity contribution in [2.75, 3.05) is 26.7 Å². The van der Waals surface area contributed by atoms with E-state index in [0.29, 0.717) is 41.9 Å². The number of hydrogen-bond donors (Lipinski definition) is 1. The number of halogens is 1. The standard InChI is InChI=1S/C22H30ClN3O3/c1-29-20-10-7-15(23)13-18(20)22(28)26-12-4-6-19(26)21(27)24-14-17-5-2-3-11-25(17)16-8-9-16/h7,10,13,16-17,19H,2-6,8-9,11-12,14H2,1H3,(H,24,27)/t17-,19+/m1/s1. The number of benzene rings is 1. The lowest BCUT2D eigenvalue weighted by Gasteiger charge is -2.36. The lowest BCUT2D eigenvalue weighted by Crippen LogP contribution is -2.51. The van der Waals surface area contributed by atoms with Crippen LogP contribution < -0.4 is 10.1 Å². The molecule has 3 aliphatic rings. The second-order valence-electron chi connectivity index (χ2n) is 8.36. The van der Waals surface area contributed by atoms with Gasteiger partial charge in [0.05, 0.1) is 12.7 Å². The maximum absolute atomic E-state index is 13.1. The monoisotopic (exact) mass is 419 g/mol. The minimum atomic E-state index is -0.427. The average Bonchev–Trinajstić information content (AvgIpc) is 3.47. The Morgan fingerprint density at radius 2 is 1.97 bits per heavy atom. The zero-order chi connectivity index (χ0) is 20.4. The summed E-state index contributed by atoms with van der Waals surface area (Å²) in [6, 6.07) is 5.73. The van der Waals surface area contributed by atoms with Gasteiger partial charge in [0, 0.05) is 30.2 Å². The molecule has 1 saturated carbocycles. The van der Waals surface area contributed by atoms with E-state index in [2.05, 4.69) is 10.2 Å². The third kappa shape index (κ3) is 4.53. The lowest BCUT2D eigenvalue weighted by molar-refractivity contribution is -0.125. The number of rotatable bonds is 6. The molecule has 6 nitrogen and oxygen atoms in total. The number of nitrogens with zero attached hydrogens (tertiary/aromatic N) is 2. The highest BCUT2D eigenvalue weighted by Crippen LogP contribution is 2.32. The Kier molecular flexibility index (Phi) is 6.30. The van der Waals surface area contributed by atoms with Gasteiger partial charge < -0.3 is 15.0 Å². The summed E-state index contributed by atoms with van der Waals surface area (Å²) >= 11 is 6.09. The van der Waals surface area contributed by atoms with Gasteiger partial charge in [0.2, 0.25) is 5.91 Å². The number of piperidine rings is 1. The van der Waals surface area contributed by atoms with Crippen LogP contribution in [0.2, 0.25) is 5.02 Å². The van der Waals surface area contributed by atoms with Crippen molar-refractivity contribution in [3.63, 3.8) is 0 Å². The quantitative estimate of drug-likeness (QED) is 0.769. The normalized spacial score (nSPS) is 25.1. The minimum absolute atomic E-state index is 0.0434. The number of ether oxygens (including phenoxy) is 1. The Morgan fingerprint density at radius 3 is 2.72 bits per heavy atom. The molecule has 2 saturated heterocycles. The summed E-state index contributed by atoms with van der Waals surface area (Å²) in [7, 11) is 1.53. The lowest BCUT2D eigenvalue weighted by atomic mass is 10.0. The molecule has 4 rings (SSSR count). The highest BCUT2D eigenvalue weighted by atomic mass is 35.5. The molecule has 2 aliphatic heterocycles. The molecule has 2 heterocycles. The summed E-state index contributed by atoms with van der Waals surface area (Å²) in [6.45, 7) is 2.40. The van der Waals surface area contributed by atoms with E-state index < -0.39 is 6.04 Å². The van der Waals surface area contributed by atoms with Crippen LogP contribution in [-0.4, -0.2) is 66.5 Å². The van der Waals surface area contributed by atoms with E-state index in [1.165, 1.54) is 32.8 Å². The number of methoxy groups -OCH3 is 1. The van der Waals surface area contributed by atoms with E-state index in [1.807, 2.05) is 0 Å². The van der Waals surface area contributed by atoms with Crippen molar-refractivity contribution in [1.29, 1.82) is 0 Å². The molecule has 1 aromatic rings. The second kappa shape index (κ2) is 8.92. The SMILES string of the molecule is COc1ccc(Cl)cc1C(=O)N1CCC[C@H]1C(=O)NC[C@H]1CCCCN1C1CC1. The van der Waals surface area contributed by atoms with Gasteiger partial charge in [-0.15, -0.1) is 0 Å². The number of nitrogens with one attached hydrogen (secondary N) is 1. The van der Waals surface area contributed by atoms with Crippen molar-refractivity contribution in [2.24, 2.45) is 0 Å². The van der Waals surface area contributed by atoms with Gasteiger partial charge >= 0.3 is 0 Å². The maximum Gasteiger partial charge on any atom is 0.258 e. The fourth-order valence-corrected chi connectivity index (χ4v) is 4.92. The van der Waals surface area contributed by atoms with Gasteiger partial charge in [0.15, 0.2) is 0 Å². The van der Waals surface area contributed by atoms with Crippen LogP contribution in [0.3, 0.4) is 0 Å². The van der Waals surface area contributed by atoms with Gasteiger partial charge in [-0.05, 0) is 63.3 Å². The van der Waals surface area contributed by atoms with Crippen LogP contribution >= 0.6 is 11.6 Å². The van der Waals surface area contributed by atoms with Crippen molar-refractivity contribution in [3.8, 4) is 5.75 Å². The largest absolute Gasteiger partial charge is 0.496 e. The van der Waals surface area contributed by atoms with E-state index in [4.69, 9.17) is 16.3 Å². The molecule has 0 spiro atoms. The summed E-state index contributed by atoms with van der Waals surface area (Å²) < 4.78 is 5.33. The molecule has 0 unspecified atom stereocenters. The highest BCUT2D eigenvalue weighted by molar-refractivity contribution is 6.31. The summed E-state index contributed by atoms with van der Waals surface area (Å²) in [5, 5.41) is 3.63. The van der Waals surface area contributed by atoms with Gasteiger partial charge in [-0.3, -0.25) is 14.5 Å². The first-order chi connectivity index (χ1) is 14.1. The van der Waals surface area contributed by atoms with Crippen molar-refractivity contribution in [1.82, 2.24) is 15.1 Å². The van der Waals surface area contributed by atoms with E-state index in [0.717, 1.165) is 25.4 Å². The average molecular weight is 420 g/mol. The first-order valence-corrected chi connectivity index (χ1v) is 11.1. The van der Waals surface area contributed by atoms with Crippen molar-refractivity contribution in [3.05, 3.63) is 28.8 Å².